The van der Waals surface area contributed by atoms with E-state index in [4.69, 9.17) is 21.7 Å². The van der Waals surface area contributed by atoms with Gasteiger partial charge >= 0.3 is 0 Å². The number of ether oxygens (including phenoxy) is 2. The second-order valence-electron chi connectivity index (χ2n) is 4.92. The highest BCUT2D eigenvalue weighted by molar-refractivity contribution is 7.80. The molecule has 0 radical (unpaired) electrons. The van der Waals surface area contributed by atoms with E-state index in [1.807, 2.05) is 50.2 Å². The Morgan fingerprint density at radius 2 is 1.55 bits per heavy atom. The minimum atomic E-state index is 0.532. The van der Waals surface area contributed by atoms with Gasteiger partial charge in [-0.3, -0.25) is 0 Å². The van der Waals surface area contributed by atoms with Gasteiger partial charge in [0, 0.05) is 17.4 Å². The maximum Gasteiger partial charge on any atom is 0.175 e. The van der Waals surface area contributed by atoms with E-state index in [2.05, 4.69) is 10.6 Å². The van der Waals surface area contributed by atoms with Gasteiger partial charge < -0.3 is 20.1 Å². The normalized spacial score (nSPS) is 10.0. The lowest BCUT2D eigenvalue weighted by atomic mass is 10.1. The van der Waals surface area contributed by atoms with E-state index in [9.17, 15) is 0 Å². The molecular weight excluding hydrogens is 296 g/mol. The first-order valence-corrected chi connectivity index (χ1v) is 7.32. The number of para-hydroxylation sites is 1. The number of nitrogens with one attached hydrogen (secondary N) is 2. The Bertz CT molecular complexity index is 666. The van der Waals surface area contributed by atoms with Crippen molar-refractivity contribution in [1.82, 2.24) is 0 Å². The van der Waals surface area contributed by atoms with Gasteiger partial charge in [0.15, 0.2) is 16.6 Å². The molecule has 5 heteroatoms. The zero-order valence-corrected chi connectivity index (χ0v) is 14.0. The first kappa shape index (κ1) is 16.1. The number of methoxy groups -OCH3 is 2. The van der Waals surface area contributed by atoms with Crippen LogP contribution in [0.3, 0.4) is 0 Å². The van der Waals surface area contributed by atoms with Gasteiger partial charge in [-0.05, 0) is 49.3 Å². The van der Waals surface area contributed by atoms with Crippen LogP contribution in [0, 0.1) is 13.8 Å². The van der Waals surface area contributed by atoms with E-state index >= 15 is 0 Å². The van der Waals surface area contributed by atoms with Crippen LogP contribution in [-0.4, -0.2) is 19.3 Å². The van der Waals surface area contributed by atoms with Gasteiger partial charge in [-0.15, -0.1) is 0 Å². The fraction of sp³-hybridized carbons (Fsp3) is 0.235. The Kier molecular flexibility index (Phi) is 5.22. The summed E-state index contributed by atoms with van der Waals surface area (Å²) in [6.07, 6.45) is 0. The summed E-state index contributed by atoms with van der Waals surface area (Å²) in [5, 5.41) is 6.93. The lowest BCUT2D eigenvalue weighted by Crippen LogP contribution is -2.20. The third kappa shape index (κ3) is 3.68. The number of benzene rings is 2. The molecule has 2 N–H and O–H groups in total. The van der Waals surface area contributed by atoms with Crippen LogP contribution >= 0.6 is 12.2 Å². The molecule has 2 aromatic carbocycles. The molecule has 0 unspecified atom stereocenters. The van der Waals surface area contributed by atoms with Crippen molar-refractivity contribution in [3.8, 4) is 11.5 Å². The summed E-state index contributed by atoms with van der Waals surface area (Å²) in [6, 6.07) is 11.7. The highest BCUT2D eigenvalue weighted by Gasteiger charge is 2.07. The molecule has 0 aromatic heterocycles. The molecule has 0 saturated heterocycles. The molecule has 2 aromatic rings. The topological polar surface area (TPSA) is 42.5 Å². The molecule has 2 rings (SSSR count). The summed E-state index contributed by atoms with van der Waals surface area (Å²) in [7, 11) is 3.22. The Labute approximate surface area is 136 Å². The molecule has 0 amide bonds. The molecule has 0 aliphatic rings. The lowest BCUT2D eigenvalue weighted by molar-refractivity contribution is 0.355. The van der Waals surface area contributed by atoms with Crippen LogP contribution in [-0.2, 0) is 0 Å². The zero-order chi connectivity index (χ0) is 16.1. The van der Waals surface area contributed by atoms with Gasteiger partial charge in [-0.25, -0.2) is 0 Å². The molecule has 0 spiro atoms. The van der Waals surface area contributed by atoms with Crippen molar-refractivity contribution in [3.05, 3.63) is 47.5 Å². The first-order valence-electron chi connectivity index (χ1n) is 6.91. The highest BCUT2D eigenvalue weighted by Crippen LogP contribution is 2.30. The van der Waals surface area contributed by atoms with Gasteiger partial charge in [0.05, 0.1) is 14.2 Å². The third-order valence-electron chi connectivity index (χ3n) is 3.36. The first-order chi connectivity index (χ1) is 10.5. The molecule has 0 fully saturated rings. The summed E-state index contributed by atoms with van der Waals surface area (Å²) in [4.78, 5) is 0. The van der Waals surface area contributed by atoms with Gasteiger partial charge in [-0.2, -0.15) is 0 Å². The van der Waals surface area contributed by atoms with Crippen LogP contribution in [0.25, 0.3) is 0 Å². The van der Waals surface area contributed by atoms with E-state index in [1.165, 1.54) is 0 Å². The van der Waals surface area contributed by atoms with E-state index < -0.39 is 0 Å². The Balaban J connectivity index is 2.12. The van der Waals surface area contributed by atoms with Crippen LogP contribution in [0.5, 0.6) is 11.5 Å². The van der Waals surface area contributed by atoms with Crippen molar-refractivity contribution < 1.29 is 9.47 Å². The molecule has 0 heterocycles. The van der Waals surface area contributed by atoms with Gasteiger partial charge in [-0.1, -0.05) is 18.2 Å². The molecule has 0 aliphatic carbocycles. The lowest BCUT2D eigenvalue weighted by Gasteiger charge is -2.15. The monoisotopic (exact) mass is 316 g/mol. The maximum atomic E-state index is 5.38. The predicted octanol–water partition coefficient (Wildman–Crippen LogP) is 4.13. The van der Waals surface area contributed by atoms with E-state index in [1.54, 1.807) is 14.2 Å². The van der Waals surface area contributed by atoms with Crippen LogP contribution < -0.4 is 20.1 Å². The fourth-order valence-corrected chi connectivity index (χ4v) is 2.42. The maximum absolute atomic E-state index is 5.38. The van der Waals surface area contributed by atoms with Crippen LogP contribution in [0.4, 0.5) is 11.4 Å². The van der Waals surface area contributed by atoms with Crippen molar-refractivity contribution in [2.24, 2.45) is 0 Å². The molecule has 0 atom stereocenters. The summed E-state index contributed by atoms with van der Waals surface area (Å²) in [5.41, 5.74) is 4.16. The quantitative estimate of drug-likeness (QED) is 0.830. The summed E-state index contributed by atoms with van der Waals surface area (Å²) < 4.78 is 10.5. The van der Waals surface area contributed by atoms with Crippen molar-refractivity contribution in [2.45, 2.75) is 13.8 Å². The second kappa shape index (κ2) is 7.13. The van der Waals surface area contributed by atoms with Crippen LogP contribution in [0.2, 0.25) is 0 Å². The van der Waals surface area contributed by atoms with Gasteiger partial charge in [0.25, 0.3) is 0 Å². The van der Waals surface area contributed by atoms with E-state index in [0.29, 0.717) is 16.6 Å². The number of rotatable bonds is 4. The van der Waals surface area contributed by atoms with Crippen molar-refractivity contribution in [1.29, 1.82) is 0 Å². The summed E-state index contributed by atoms with van der Waals surface area (Å²) >= 11 is 5.38. The van der Waals surface area contributed by atoms with E-state index in [-0.39, 0.29) is 0 Å². The van der Waals surface area contributed by atoms with E-state index in [0.717, 1.165) is 22.5 Å². The molecular formula is C17H20N2O2S. The van der Waals surface area contributed by atoms with Gasteiger partial charge in [0.2, 0.25) is 0 Å². The van der Waals surface area contributed by atoms with Crippen LogP contribution in [0.15, 0.2) is 36.4 Å². The molecule has 4 nitrogen and oxygen atoms in total. The number of hydrogen-bond acceptors (Lipinski definition) is 3. The zero-order valence-electron chi connectivity index (χ0n) is 13.2. The minimum absolute atomic E-state index is 0.532. The summed E-state index contributed by atoms with van der Waals surface area (Å²) in [6.45, 7) is 4.10. The van der Waals surface area contributed by atoms with Gasteiger partial charge in [0.1, 0.15) is 0 Å². The standard InChI is InChI=1S/C17H20N2O2S/c1-11-6-5-7-12(2)16(11)19-17(22)18-13-8-9-14(20-3)15(10-13)21-4/h5-10H,1-4H3,(H2,18,19,22). The molecule has 0 saturated carbocycles. The SMILES string of the molecule is COc1ccc(NC(=S)Nc2c(C)cccc2C)cc1OC. The number of aryl methyl sites for hydroxylation is 2. The molecule has 0 bridgehead atoms. The predicted molar refractivity (Wildman–Crippen MR) is 95.3 cm³/mol. The summed E-state index contributed by atoms with van der Waals surface area (Å²) in [5.74, 6) is 1.34. The van der Waals surface area contributed by atoms with Crippen molar-refractivity contribution in [2.75, 3.05) is 24.9 Å². The van der Waals surface area contributed by atoms with Crippen molar-refractivity contribution in [3.63, 3.8) is 0 Å². The Hall–Kier alpha value is -2.27. The van der Waals surface area contributed by atoms with Crippen molar-refractivity contribution >= 4 is 28.7 Å². The fourth-order valence-electron chi connectivity index (χ4n) is 2.20. The average molecular weight is 316 g/mol. The Morgan fingerprint density at radius 1 is 0.909 bits per heavy atom. The number of anilines is 2. The molecule has 116 valence electrons. The average Bonchev–Trinajstić information content (AvgIpc) is 2.51. The third-order valence-corrected chi connectivity index (χ3v) is 3.57. The highest BCUT2D eigenvalue weighted by atomic mass is 32.1. The number of thiocarbonyl (C=S) groups is 1. The molecule has 22 heavy (non-hydrogen) atoms. The smallest absolute Gasteiger partial charge is 0.175 e. The van der Waals surface area contributed by atoms with Crippen LogP contribution in [0.1, 0.15) is 11.1 Å². The minimum Gasteiger partial charge on any atom is -0.493 e. The largest absolute Gasteiger partial charge is 0.493 e. The second-order valence-corrected chi connectivity index (χ2v) is 5.32. The Morgan fingerprint density at radius 3 is 2.14 bits per heavy atom. The number of hydrogen-bond donors (Lipinski definition) is 2. The molecule has 0 aliphatic heterocycles.